The van der Waals surface area contributed by atoms with Crippen LogP contribution in [0.3, 0.4) is 0 Å². The van der Waals surface area contributed by atoms with Crippen molar-refractivity contribution in [3.63, 3.8) is 0 Å². The zero-order valence-corrected chi connectivity index (χ0v) is 16.1. The summed E-state index contributed by atoms with van der Waals surface area (Å²) < 4.78 is 13.1. The average molecular weight is 407 g/mol. The molecule has 0 aliphatic heterocycles. The number of hydrazone groups is 1. The highest BCUT2D eigenvalue weighted by Crippen LogP contribution is 2.23. The standard InChI is InChI=1S/C19H20ClFN4O3/c1-3-25(4-2)14-7-5-12(17(26)10-14)11-22-24-19(28)18(27)23-13-6-8-16(21)15(20)9-13/h5-11,26H,3-4H2,1-2H3,(H,23,27)(H,24,28)/b22-11+. The van der Waals surface area contributed by atoms with E-state index in [-0.39, 0.29) is 16.5 Å². The molecule has 2 amide bonds. The topological polar surface area (TPSA) is 94.0 Å². The maximum Gasteiger partial charge on any atom is 0.329 e. The van der Waals surface area contributed by atoms with Crippen molar-refractivity contribution in [1.29, 1.82) is 0 Å². The largest absolute Gasteiger partial charge is 0.507 e. The van der Waals surface area contributed by atoms with Gasteiger partial charge in [0.25, 0.3) is 0 Å². The zero-order valence-electron chi connectivity index (χ0n) is 15.4. The van der Waals surface area contributed by atoms with Crippen LogP contribution in [0.15, 0.2) is 41.5 Å². The number of carbonyl (C=O) groups is 2. The van der Waals surface area contributed by atoms with E-state index in [1.165, 1.54) is 18.3 Å². The Morgan fingerprint density at radius 2 is 1.89 bits per heavy atom. The highest BCUT2D eigenvalue weighted by molar-refractivity contribution is 6.39. The van der Waals surface area contributed by atoms with Crippen molar-refractivity contribution in [1.82, 2.24) is 5.43 Å². The maximum atomic E-state index is 13.1. The molecule has 7 nitrogen and oxygen atoms in total. The molecule has 0 aliphatic rings. The van der Waals surface area contributed by atoms with Gasteiger partial charge in [0.2, 0.25) is 0 Å². The normalized spacial score (nSPS) is 10.7. The van der Waals surface area contributed by atoms with Crippen molar-refractivity contribution in [3.05, 3.63) is 52.8 Å². The number of carbonyl (C=O) groups excluding carboxylic acids is 2. The molecule has 0 spiro atoms. The molecule has 148 valence electrons. The number of benzene rings is 2. The van der Waals surface area contributed by atoms with Crippen LogP contribution in [0.4, 0.5) is 15.8 Å². The van der Waals surface area contributed by atoms with Crippen LogP contribution < -0.4 is 15.6 Å². The Balaban J connectivity index is 1.96. The third kappa shape index (κ3) is 5.43. The Labute approximate surface area is 166 Å². The Hall–Kier alpha value is -3.13. The first-order valence-electron chi connectivity index (χ1n) is 8.53. The zero-order chi connectivity index (χ0) is 20.7. The molecule has 0 atom stereocenters. The highest BCUT2D eigenvalue weighted by atomic mass is 35.5. The van der Waals surface area contributed by atoms with Crippen LogP contribution in [-0.2, 0) is 9.59 Å². The summed E-state index contributed by atoms with van der Waals surface area (Å²) in [6, 6.07) is 8.59. The van der Waals surface area contributed by atoms with Crippen molar-refractivity contribution >= 4 is 41.0 Å². The smallest absolute Gasteiger partial charge is 0.329 e. The molecule has 0 aliphatic carbocycles. The van der Waals surface area contributed by atoms with Gasteiger partial charge >= 0.3 is 11.8 Å². The molecule has 0 bridgehead atoms. The minimum absolute atomic E-state index is 0.00666. The van der Waals surface area contributed by atoms with E-state index < -0.39 is 17.6 Å². The Morgan fingerprint density at radius 3 is 2.50 bits per heavy atom. The van der Waals surface area contributed by atoms with Gasteiger partial charge in [-0.05, 0) is 44.2 Å². The van der Waals surface area contributed by atoms with Crippen molar-refractivity contribution in [2.45, 2.75) is 13.8 Å². The second-order valence-corrected chi connectivity index (χ2v) is 6.10. The van der Waals surface area contributed by atoms with E-state index in [1.807, 2.05) is 19.9 Å². The van der Waals surface area contributed by atoms with Crippen LogP contribution >= 0.6 is 11.6 Å². The van der Waals surface area contributed by atoms with Gasteiger partial charge in [-0.2, -0.15) is 5.10 Å². The van der Waals surface area contributed by atoms with E-state index in [0.717, 1.165) is 24.8 Å². The summed E-state index contributed by atoms with van der Waals surface area (Å²) in [6.07, 6.45) is 1.22. The molecule has 0 unspecified atom stereocenters. The number of nitrogens with one attached hydrogen (secondary N) is 2. The minimum Gasteiger partial charge on any atom is -0.507 e. The summed E-state index contributed by atoms with van der Waals surface area (Å²) in [4.78, 5) is 25.7. The fraction of sp³-hybridized carbons (Fsp3) is 0.211. The minimum atomic E-state index is -1.03. The van der Waals surface area contributed by atoms with Crippen molar-refractivity contribution in [2.24, 2.45) is 5.10 Å². The fourth-order valence-corrected chi connectivity index (χ4v) is 2.58. The number of phenolic OH excluding ortho intramolecular Hbond substituents is 1. The van der Waals surface area contributed by atoms with Crippen LogP contribution in [0.25, 0.3) is 0 Å². The highest BCUT2D eigenvalue weighted by Gasteiger charge is 2.14. The number of rotatable bonds is 6. The quantitative estimate of drug-likeness (QED) is 0.390. The molecule has 0 radical (unpaired) electrons. The summed E-state index contributed by atoms with van der Waals surface area (Å²) in [7, 11) is 0. The average Bonchev–Trinajstić information content (AvgIpc) is 2.67. The van der Waals surface area contributed by atoms with Gasteiger partial charge in [-0.1, -0.05) is 11.6 Å². The lowest BCUT2D eigenvalue weighted by Gasteiger charge is -2.21. The number of nitrogens with zero attached hydrogens (tertiary/aromatic N) is 2. The number of halogens is 2. The van der Waals surface area contributed by atoms with E-state index in [0.29, 0.717) is 5.56 Å². The molecule has 9 heteroatoms. The Kier molecular flexibility index (Phi) is 7.34. The number of aromatic hydroxyl groups is 1. The summed E-state index contributed by atoms with van der Waals surface area (Å²) >= 11 is 5.62. The molecule has 0 heterocycles. The van der Waals surface area contributed by atoms with Gasteiger partial charge in [-0.15, -0.1) is 0 Å². The molecule has 0 fully saturated rings. The van der Waals surface area contributed by atoms with E-state index in [2.05, 4.69) is 20.7 Å². The van der Waals surface area contributed by atoms with Crippen LogP contribution in [0.1, 0.15) is 19.4 Å². The molecular formula is C19H20ClFN4O3. The second kappa shape index (κ2) is 9.70. The first-order chi connectivity index (χ1) is 13.3. The number of anilines is 2. The molecule has 2 rings (SSSR count). The molecule has 2 aromatic rings. The number of amides is 2. The van der Waals surface area contributed by atoms with E-state index >= 15 is 0 Å². The monoisotopic (exact) mass is 406 g/mol. The predicted molar refractivity (Wildman–Crippen MR) is 107 cm³/mol. The number of hydrogen-bond donors (Lipinski definition) is 3. The molecule has 28 heavy (non-hydrogen) atoms. The first kappa shape index (κ1) is 21.2. The van der Waals surface area contributed by atoms with Crippen LogP contribution in [0.5, 0.6) is 5.75 Å². The van der Waals surface area contributed by atoms with Gasteiger partial charge in [-0.25, -0.2) is 9.82 Å². The van der Waals surface area contributed by atoms with Crippen molar-refractivity contribution < 1.29 is 19.1 Å². The third-order valence-corrected chi connectivity index (χ3v) is 4.19. The number of phenols is 1. The molecule has 2 aromatic carbocycles. The van der Waals surface area contributed by atoms with Crippen LogP contribution in [0.2, 0.25) is 5.02 Å². The SMILES string of the molecule is CCN(CC)c1ccc(/C=N/NC(=O)C(=O)Nc2ccc(F)c(Cl)c2)c(O)c1. The van der Waals surface area contributed by atoms with E-state index in [4.69, 9.17) is 11.6 Å². The maximum absolute atomic E-state index is 13.1. The van der Waals surface area contributed by atoms with Crippen LogP contribution in [-0.4, -0.2) is 36.2 Å². The lowest BCUT2D eigenvalue weighted by Crippen LogP contribution is -2.32. The van der Waals surface area contributed by atoms with Crippen molar-refractivity contribution in [3.8, 4) is 5.75 Å². The molecule has 0 saturated heterocycles. The van der Waals surface area contributed by atoms with Gasteiger partial charge in [0.15, 0.2) is 0 Å². The summed E-state index contributed by atoms with van der Waals surface area (Å²) in [5.41, 5.74) is 3.46. The Morgan fingerprint density at radius 1 is 1.18 bits per heavy atom. The second-order valence-electron chi connectivity index (χ2n) is 5.70. The first-order valence-corrected chi connectivity index (χ1v) is 8.90. The van der Waals surface area contributed by atoms with Gasteiger partial charge in [0, 0.05) is 36.1 Å². The molecule has 0 saturated carbocycles. The third-order valence-electron chi connectivity index (χ3n) is 3.90. The summed E-state index contributed by atoms with van der Waals surface area (Å²) in [5.74, 6) is -2.68. The summed E-state index contributed by atoms with van der Waals surface area (Å²) in [5, 5.41) is 15.9. The van der Waals surface area contributed by atoms with Gasteiger partial charge in [0.05, 0.1) is 11.2 Å². The van der Waals surface area contributed by atoms with E-state index in [1.54, 1.807) is 12.1 Å². The molecular weight excluding hydrogens is 387 g/mol. The molecule has 3 N–H and O–H groups in total. The van der Waals surface area contributed by atoms with Gasteiger partial charge in [0.1, 0.15) is 11.6 Å². The predicted octanol–water partition coefficient (Wildman–Crippen LogP) is 3.12. The molecule has 0 aromatic heterocycles. The summed E-state index contributed by atoms with van der Waals surface area (Å²) in [6.45, 7) is 5.62. The van der Waals surface area contributed by atoms with Crippen molar-refractivity contribution in [2.75, 3.05) is 23.3 Å². The van der Waals surface area contributed by atoms with Gasteiger partial charge in [-0.3, -0.25) is 9.59 Å². The lowest BCUT2D eigenvalue weighted by molar-refractivity contribution is -0.136. The Bertz CT molecular complexity index is 901. The van der Waals surface area contributed by atoms with Gasteiger partial charge < -0.3 is 15.3 Å². The lowest BCUT2D eigenvalue weighted by atomic mass is 10.2. The van der Waals surface area contributed by atoms with E-state index in [9.17, 15) is 19.1 Å². The number of hydrogen-bond acceptors (Lipinski definition) is 5. The van der Waals surface area contributed by atoms with Crippen LogP contribution in [0, 0.1) is 5.82 Å². The fourth-order valence-electron chi connectivity index (χ4n) is 2.40.